The number of carbonyl (C=O) groups is 10. The van der Waals surface area contributed by atoms with E-state index < -0.39 is 54.0 Å². The zero-order chi connectivity index (χ0) is 59.4. The van der Waals surface area contributed by atoms with Crippen molar-refractivity contribution in [2.24, 2.45) is 17.6 Å². The Bertz CT molecular complexity index is 2250. The van der Waals surface area contributed by atoms with Crippen molar-refractivity contribution in [3.8, 4) is 0 Å². The topological polar surface area (TPSA) is 391 Å². The molecule has 4 amide bonds. The van der Waals surface area contributed by atoms with Crippen LogP contribution < -0.4 is 32.3 Å². The van der Waals surface area contributed by atoms with E-state index in [1.165, 1.54) is 7.05 Å². The van der Waals surface area contributed by atoms with Gasteiger partial charge in [-0.25, -0.2) is 4.79 Å². The Kier molecular flexibility index (Phi) is 34.2. The van der Waals surface area contributed by atoms with Crippen LogP contribution in [-0.2, 0) is 54.4 Å². The minimum Gasteiger partial charge on any atom is -0.483 e. The van der Waals surface area contributed by atoms with Gasteiger partial charge in [-0.1, -0.05) is 49.4 Å². The van der Waals surface area contributed by atoms with E-state index >= 15 is 0 Å². The SMILES string of the molecule is CCN1CCN(CCN)CCN(CC(=O)O)CCN(C(CCC(=O)NCC2CCC(C(=O)NC(Cc3ccc4ccccc4c3)C(=O)NCCCCC(NC=O)C(=O)O)CC2)C(=O)O)CC1.CNC(CCC(=O)O)C(=O)O.O=CO. The van der Waals surface area contributed by atoms with Crippen LogP contribution in [0.5, 0.6) is 0 Å². The summed E-state index contributed by atoms with van der Waals surface area (Å²) in [5.74, 6) is -6.11. The number of nitrogens with one attached hydrogen (secondary N) is 5. The first kappa shape index (κ1) is 69.3. The number of nitrogens with zero attached hydrogens (tertiary/aromatic N) is 4. The molecule has 0 spiro atoms. The number of carboxylic acids is 5. The Balaban J connectivity index is 0.00000138. The van der Waals surface area contributed by atoms with Gasteiger partial charge in [0.05, 0.1) is 6.54 Å². The lowest BCUT2D eigenvalue weighted by atomic mass is 9.81. The number of fused-ring (bicyclic) bond motifs is 1. The van der Waals surface area contributed by atoms with E-state index in [9.17, 15) is 58.5 Å². The third-order valence-corrected chi connectivity index (χ3v) is 14.3. The van der Waals surface area contributed by atoms with E-state index in [1.54, 1.807) is 0 Å². The Hall–Kier alpha value is -6.84. The molecule has 0 bridgehead atoms. The van der Waals surface area contributed by atoms with Crippen molar-refractivity contribution in [3.05, 3.63) is 48.0 Å². The normalized spacial score (nSPS) is 18.2. The Morgan fingerprint density at radius 2 is 1.30 bits per heavy atom. The number of hydrogen-bond acceptors (Lipinski definition) is 16. The van der Waals surface area contributed by atoms with Gasteiger partial charge in [0.25, 0.3) is 6.47 Å². The molecule has 1 aliphatic carbocycles. The molecule has 2 aromatic rings. The van der Waals surface area contributed by atoms with E-state index in [0.29, 0.717) is 104 Å². The van der Waals surface area contributed by atoms with Crippen molar-refractivity contribution >= 4 is 71.2 Å². The Morgan fingerprint density at radius 3 is 1.88 bits per heavy atom. The standard InChI is InChI=1S/C47H73N9O10.C6H11NO4.CH2O2/c1-2-53-21-22-54(20-18-48)23-24-55(32-43(59)60)26-28-56(27-25-53)41(47(65)66)16-17-42(58)50-31-34-10-14-37(15-11-34)44(61)52-40(30-35-12-13-36-7-3-4-8-38(36)29-35)45(62)49-19-6-5-9-39(46(63)64)51-33-57;1-7-4(6(10)11)2-3-5(8)9;2-1-3/h3-4,7-8,12-13,29,33-34,37,39-41H,2,5-6,9-11,14-28,30-32,48H2,1H3,(H,49,62)(H,50,58)(H,51,57)(H,52,61)(H,59,60)(H,63,64)(H,65,66);4,7H,2-3H2,1H3,(H,8,9)(H,10,11);1H,(H,2,3). The summed E-state index contributed by atoms with van der Waals surface area (Å²) in [6, 6.07) is 10.3. The number of carbonyl (C=O) groups excluding carboxylic acids is 4. The third kappa shape index (κ3) is 27.8. The summed E-state index contributed by atoms with van der Waals surface area (Å²) in [6.45, 7) is 8.79. The smallest absolute Gasteiger partial charge is 0.326 e. The van der Waals surface area contributed by atoms with Gasteiger partial charge in [0.2, 0.25) is 24.1 Å². The molecule has 2 fully saturated rings. The van der Waals surface area contributed by atoms with Crippen LogP contribution in [0.4, 0.5) is 0 Å². The predicted molar refractivity (Wildman–Crippen MR) is 295 cm³/mol. The summed E-state index contributed by atoms with van der Waals surface area (Å²) in [6.07, 6.45) is 4.39. The lowest BCUT2D eigenvalue weighted by Crippen LogP contribution is -2.51. The molecule has 13 N–H and O–H groups in total. The predicted octanol–water partition coefficient (Wildman–Crippen LogP) is 0.0182. The number of nitrogens with two attached hydrogens (primary N) is 1. The second kappa shape index (κ2) is 39.5. The fourth-order valence-corrected chi connectivity index (χ4v) is 9.57. The van der Waals surface area contributed by atoms with E-state index in [2.05, 4.69) is 43.3 Å². The second-order valence-corrected chi connectivity index (χ2v) is 19.8. The highest BCUT2D eigenvalue weighted by Gasteiger charge is 2.32. The molecule has 1 saturated heterocycles. The van der Waals surface area contributed by atoms with Crippen LogP contribution in [0, 0.1) is 11.8 Å². The number of carboxylic acid groups (broad SMARTS) is 6. The molecule has 0 aromatic heterocycles. The van der Waals surface area contributed by atoms with Gasteiger partial charge in [-0.05, 0) is 93.6 Å². The minimum absolute atomic E-state index is 0.0104. The largest absolute Gasteiger partial charge is 0.483 e. The van der Waals surface area contributed by atoms with Crippen molar-refractivity contribution in [1.29, 1.82) is 0 Å². The number of hydrogen-bond donors (Lipinski definition) is 12. The maximum atomic E-state index is 13.7. The average molecular weight is 1130 g/mol. The van der Waals surface area contributed by atoms with Crippen molar-refractivity contribution in [2.75, 3.05) is 98.7 Å². The molecule has 1 saturated carbocycles. The number of amides is 4. The average Bonchev–Trinajstić information content (AvgIpc) is 3.42. The van der Waals surface area contributed by atoms with Crippen LogP contribution >= 0.6 is 0 Å². The fraction of sp³-hybridized carbons (Fsp3) is 0.630. The Morgan fingerprint density at radius 1 is 0.688 bits per heavy atom. The van der Waals surface area contributed by atoms with Gasteiger partial charge >= 0.3 is 29.8 Å². The highest BCUT2D eigenvalue weighted by molar-refractivity contribution is 5.89. The van der Waals surface area contributed by atoms with Crippen molar-refractivity contribution in [2.45, 2.75) is 108 Å². The number of benzene rings is 2. The lowest BCUT2D eigenvalue weighted by molar-refractivity contribution is -0.145. The third-order valence-electron chi connectivity index (χ3n) is 14.3. The molecular weight excluding hydrogens is 1040 g/mol. The highest BCUT2D eigenvalue weighted by atomic mass is 16.4. The molecule has 26 nitrogen and oxygen atoms in total. The number of aliphatic carboxylic acids is 5. The molecule has 1 aliphatic heterocycles. The maximum absolute atomic E-state index is 13.7. The monoisotopic (exact) mass is 1130 g/mol. The summed E-state index contributed by atoms with van der Waals surface area (Å²) in [7, 11) is 1.49. The molecule has 448 valence electrons. The fourth-order valence-electron chi connectivity index (χ4n) is 9.57. The quantitative estimate of drug-likeness (QED) is 0.0362. The molecule has 4 rings (SSSR count). The van der Waals surface area contributed by atoms with E-state index in [0.717, 1.165) is 36.0 Å². The van der Waals surface area contributed by atoms with E-state index in [1.807, 2.05) is 52.3 Å². The van der Waals surface area contributed by atoms with Crippen LogP contribution in [0.1, 0.15) is 83.1 Å². The van der Waals surface area contributed by atoms with Gasteiger partial charge in [-0.3, -0.25) is 57.9 Å². The van der Waals surface area contributed by atoms with Gasteiger partial charge in [0, 0.05) is 104 Å². The van der Waals surface area contributed by atoms with Crippen molar-refractivity contribution < 1.29 is 78.6 Å². The summed E-state index contributed by atoms with van der Waals surface area (Å²) in [5, 5.41) is 68.5. The summed E-state index contributed by atoms with van der Waals surface area (Å²) >= 11 is 0. The van der Waals surface area contributed by atoms with Crippen molar-refractivity contribution in [1.82, 2.24) is 46.2 Å². The van der Waals surface area contributed by atoms with Crippen LogP contribution in [0.25, 0.3) is 10.8 Å². The molecule has 4 atom stereocenters. The van der Waals surface area contributed by atoms with Crippen LogP contribution in [0.2, 0.25) is 0 Å². The molecular formula is C54H86N10O16. The van der Waals surface area contributed by atoms with Crippen LogP contribution in [-0.4, -0.2) is 234 Å². The lowest BCUT2D eigenvalue weighted by Gasteiger charge is -2.35. The number of unbranched alkanes of at least 4 members (excludes halogenated alkanes) is 1. The number of rotatable bonds is 30. The first-order chi connectivity index (χ1) is 38.3. The molecule has 2 aromatic carbocycles. The first-order valence-corrected chi connectivity index (χ1v) is 27.3. The van der Waals surface area contributed by atoms with Crippen molar-refractivity contribution in [3.63, 3.8) is 0 Å². The molecule has 80 heavy (non-hydrogen) atoms. The summed E-state index contributed by atoms with van der Waals surface area (Å²) < 4.78 is 0. The Labute approximate surface area is 467 Å². The van der Waals surface area contributed by atoms with E-state index in [4.69, 9.17) is 25.8 Å². The maximum Gasteiger partial charge on any atom is 0.326 e. The summed E-state index contributed by atoms with van der Waals surface area (Å²) in [5.41, 5.74) is 6.73. The molecule has 1 heterocycles. The van der Waals surface area contributed by atoms with Gasteiger partial charge in [0.15, 0.2) is 0 Å². The zero-order valence-electron chi connectivity index (χ0n) is 46.2. The second-order valence-electron chi connectivity index (χ2n) is 19.8. The van der Waals surface area contributed by atoms with Crippen LogP contribution in [0.3, 0.4) is 0 Å². The molecule has 2 aliphatic rings. The molecule has 26 heteroatoms. The number of likely N-dealkylation sites (N-methyl/N-ethyl adjacent to an activating group) is 2. The molecule has 0 radical (unpaired) electrons. The van der Waals surface area contributed by atoms with Gasteiger partial charge in [0.1, 0.15) is 24.2 Å². The van der Waals surface area contributed by atoms with E-state index in [-0.39, 0.29) is 87.6 Å². The zero-order valence-corrected chi connectivity index (χ0v) is 46.2. The highest BCUT2D eigenvalue weighted by Crippen LogP contribution is 2.29. The van der Waals surface area contributed by atoms with Gasteiger partial charge < -0.3 is 67.9 Å². The van der Waals surface area contributed by atoms with Gasteiger partial charge in [-0.15, -0.1) is 0 Å². The minimum atomic E-state index is -1.13. The summed E-state index contributed by atoms with van der Waals surface area (Å²) in [4.78, 5) is 124. The van der Waals surface area contributed by atoms with Crippen LogP contribution in [0.15, 0.2) is 42.5 Å². The first-order valence-electron chi connectivity index (χ1n) is 27.3. The van der Waals surface area contributed by atoms with Gasteiger partial charge in [-0.2, -0.15) is 0 Å². The molecule has 4 unspecified atom stereocenters.